The smallest absolute Gasteiger partial charge is 0.248 e. The Morgan fingerprint density at radius 2 is 1.80 bits per heavy atom. The number of nitrogens with zero attached hydrogens (tertiary/aromatic N) is 3. The largest absolute Gasteiger partial charge is 0.309 e. The Hall–Kier alpha value is -3.21. The van der Waals surface area contributed by atoms with Crippen LogP contribution in [0.2, 0.25) is 0 Å². The molecule has 0 aliphatic heterocycles. The monoisotopic (exact) mass is 439 g/mol. The highest BCUT2D eigenvalue weighted by molar-refractivity contribution is 7.89. The van der Waals surface area contributed by atoms with Gasteiger partial charge in [-0.1, -0.05) is 42.5 Å². The standard InChI is InChI=1S/C20H17N5O3S2/c1-13-7-6-12-21-19(13)22-20(26)17(14-8-3-2-4-9-14)25-30(27,28)16-11-5-10-15-18(16)24-29-23-15/h2-12,17,25H,1H3,(H,21,22,26). The average molecular weight is 440 g/mol. The van der Waals surface area contributed by atoms with Gasteiger partial charge in [0, 0.05) is 6.20 Å². The molecule has 0 saturated heterocycles. The van der Waals surface area contributed by atoms with E-state index in [9.17, 15) is 13.2 Å². The summed E-state index contributed by atoms with van der Waals surface area (Å²) in [5, 5.41) is 2.71. The Bertz CT molecular complexity index is 1310. The molecule has 2 heterocycles. The number of amides is 1. The van der Waals surface area contributed by atoms with Crippen LogP contribution in [0.3, 0.4) is 0 Å². The van der Waals surface area contributed by atoms with Crippen LogP contribution in [0, 0.1) is 6.92 Å². The van der Waals surface area contributed by atoms with Crippen molar-refractivity contribution in [1.82, 2.24) is 18.5 Å². The average Bonchev–Trinajstić information content (AvgIpc) is 3.23. The number of aryl methyl sites for hydroxylation is 1. The van der Waals surface area contributed by atoms with Crippen molar-refractivity contribution in [2.75, 3.05) is 5.32 Å². The highest BCUT2D eigenvalue weighted by Crippen LogP contribution is 2.24. The first-order chi connectivity index (χ1) is 14.5. The first-order valence-corrected chi connectivity index (χ1v) is 11.2. The number of pyridine rings is 1. The minimum atomic E-state index is -4.08. The molecule has 0 radical (unpaired) electrons. The lowest BCUT2D eigenvalue weighted by molar-refractivity contribution is -0.117. The number of carbonyl (C=O) groups excluding carboxylic acids is 1. The lowest BCUT2D eigenvalue weighted by Crippen LogP contribution is -2.37. The number of anilines is 1. The SMILES string of the molecule is Cc1cccnc1NC(=O)C(NS(=O)(=O)c1cccc2nsnc12)c1ccccc1. The highest BCUT2D eigenvalue weighted by atomic mass is 32.2. The van der Waals surface area contributed by atoms with E-state index in [4.69, 9.17) is 0 Å². The fraction of sp³-hybridized carbons (Fsp3) is 0.100. The third-order valence-corrected chi connectivity index (χ3v) is 6.45. The number of rotatable bonds is 6. The van der Waals surface area contributed by atoms with Crippen molar-refractivity contribution in [1.29, 1.82) is 0 Å². The molecule has 30 heavy (non-hydrogen) atoms. The van der Waals surface area contributed by atoms with Gasteiger partial charge in [-0.25, -0.2) is 13.4 Å². The van der Waals surface area contributed by atoms with E-state index in [1.807, 2.05) is 0 Å². The molecule has 1 unspecified atom stereocenters. The molecule has 0 aliphatic carbocycles. The number of carbonyl (C=O) groups is 1. The van der Waals surface area contributed by atoms with Crippen molar-refractivity contribution in [3.8, 4) is 0 Å². The molecular formula is C20H17N5O3S2. The van der Waals surface area contributed by atoms with E-state index in [1.54, 1.807) is 67.7 Å². The normalized spacial score (nSPS) is 12.6. The molecule has 2 aromatic heterocycles. The van der Waals surface area contributed by atoms with E-state index in [2.05, 4.69) is 23.8 Å². The molecule has 0 bridgehead atoms. The van der Waals surface area contributed by atoms with Gasteiger partial charge in [-0.3, -0.25) is 4.79 Å². The minimum Gasteiger partial charge on any atom is -0.309 e. The number of hydrogen-bond donors (Lipinski definition) is 2. The number of hydrogen-bond acceptors (Lipinski definition) is 7. The van der Waals surface area contributed by atoms with Gasteiger partial charge < -0.3 is 5.32 Å². The zero-order valence-corrected chi connectivity index (χ0v) is 17.4. The maximum absolute atomic E-state index is 13.2. The number of fused-ring (bicyclic) bond motifs is 1. The molecule has 0 saturated carbocycles. The van der Waals surface area contributed by atoms with Gasteiger partial charge in [-0.15, -0.1) is 0 Å². The fourth-order valence-corrected chi connectivity index (χ4v) is 4.89. The third kappa shape index (κ3) is 4.06. The summed E-state index contributed by atoms with van der Waals surface area (Å²) >= 11 is 0.928. The Kier molecular flexibility index (Phi) is 5.53. The topological polar surface area (TPSA) is 114 Å². The molecule has 1 atom stereocenters. The molecule has 2 aromatic carbocycles. The molecule has 4 aromatic rings. The van der Waals surface area contributed by atoms with Crippen LogP contribution >= 0.6 is 11.7 Å². The summed E-state index contributed by atoms with van der Waals surface area (Å²) in [6.07, 6.45) is 1.56. The summed E-state index contributed by atoms with van der Waals surface area (Å²) < 4.78 is 37.1. The van der Waals surface area contributed by atoms with Gasteiger partial charge in [0.05, 0.1) is 11.7 Å². The van der Waals surface area contributed by atoms with Crippen LogP contribution in [-0.2, 0) is 14.8 Å². The summed E-state index contributed by atoms with van der Waals surface area (Å²) in [5.41, 5.74) is 2.00. The van der Waals surface area contributed by atoms with Crippen LogP contribution in [0.1, 0.15) is 17.2 Å². The van der Waals surface area contributed by atoms with Crippen molar-refractivity contribution < 1.29 is 13.2 Å². The predicted molar refractivity (Wildman–Crippen MR) is 115 cm³/mol. The van der Waals surface area contributed by atoms with E-state index < -0.39 is 22.0 Å². The van der Waals surface area contributed by atoms with E-state index in [0.717, 1.165) is 17.3 Å². The van der Waals surface area contributed by atoms with E-state index in [-0.39, 0.29) is 10.4 Å². The Balaban J connectivity index is 1.71. The fourth-order valence-electron chi connectivity index (χ4n) is 2.94. The molecule has 4 rings (SSSR count). The zero-order chi connectivity index (χ0) is 21.1. The Morgan fingerprint density at radius 1 is 1.00 bits per heavy atom. The first kappa shape index (κ1) is 20.1. The Labute approximate surface area is 177 Å². The van der Waals surface area contributed by atoms with Crippen LogP contribution in [0.5, 0.6) is 0 Å². The van der Waals surface area contributed by atoms with Gasteiger partial charge in [0.1, 0.15) is 27.8 Å². The predicted octanol–water partition coefficient (Wildman–Crippen LogP) is 3.05. The molecule has 0 spiro atoms. The number of benzene rings is 2. The second kappa shape index (κ2) is 8.27. The second-order valence-corrected chi connectivity index (χ2v) is 8.72. The van der Waals surface area contributed by atoms with Crippen LogP contribution < -0.4 is 10.0 Å². The van der Waals surface area contributed by atoms with Crippen LogP contribution in [-0.4, -0.2) is 28.1 Å². The van der Waals surface area contributed by atoms with Gasteiger partial charge in [-0.2, -0.15) is 13.5 Å². The van der Waals surface area contributed by atoms with Gasteiger partial charge in [0.15, 0.2) is 0 Å². The molecule has 10 heteroatoms. The first-order valence-electron chi connectivity index (χ1n) is 8.97. The van der Waals surface area contributed by atoms with Gasteiger partial charge >= 0.3 is 0 Å². The maximum atomic E-state index is 13.2. The lowest BCUT2D eigenvalue weighted by Gasteiger charge is -2.19. The summed E-state index contributed by atoms with van der Waals surface area (Å²) in [4.78, 5) is 17.2. The van der Waals surface area contributed by atoms with E-state index in [1.165, 1.54) is 6.07 Å². The summed E-state index contributed by atoms with van der Waals surface area (Å²) in [7, 11) is -4.08. The van der Waals surface area contributed by atoms with Crippen molar-refractivity contribution in [3.05, 3.63) is 78.0 Å². The summed E-state index contributed by atoms with van der Waals surface area (Å²) in [6, 6.07) is 15.7. The molecule has 2 N–H and O–H groups in total. The van der Waals surface area contributed by atoms with Crippen LogP contribution in [0.15, 0.2) is 71.8 Å². The molecule has 8 nitrogen and oxygen atoms in total. The maximum Gasteiger partial charge on any atom is 0.248 e. The van der Waals surface area contributed by atoms with Gasteiger partial charge in [0.2, 0.25) is 15.9 Å². The Morgan fingerprint density at radius 3 is 2.57 bits per heavy atom. The van der Waals surface area contributed by atoms with Crippen molar-refractivity contribution >= 4 is 44.5 Å². The van der Waals surface area contributed by atoms with E-state index >= 15 is 0 Å². The second-order valence-electron chi connectivity index (χ2n) is 6.51. The minimum absolute atomic E-state index is 0.0310. The molecule has 0 aliphatic rings. The van der Waals surface area contributed by atoms with Crippen LogP contribution in [0.4, 0.5) is 5.82 Å². The number of nitrogens with one attached hydrogen (secondary N) is 2. The van der Waals surface area contributed by atoms with Crippen molar-refractivity contribution in [2.45, 2.75) is 17.9 Å². The third-order valence-electron chi connectivity index (χ3n) is 4.46. The van der Waals surface area contributed by atoms with Crippen LogP contribution in [0.25, 0.3) is 11.0 Å². The highest BCUT2D eigenvalue weighted by Gasteiger charge is 2.29. The summed E-state index contributed by atoms with van der Waals surface area (Å²) in [5.74, 6) is -0.177. The summed E-state index contributed by atoms with van der Waals surface area (Å²) in [6.45, 7) is 1.81. The van der Waals surface area contributed by atoms with Crippen molar-refractivity contribution in [3.63, 3.8) is 0 Å². The number of aromatic nitrogens is 3. The molecule has 0 fully saturated rings. The lowest BCUT2D eigenvalue weighted by atomic mass is 10.1. The number of sulfonamides is 1. The molecule has 152 valence electrons. The van der Waals surface area contributed by atoms with Crippen molar-refractivity contribution in [2.24, 2.45) is 0 Å². The molecular weight excluding hydrogens is 422 g/mol. The zero-order valence-electron chi connectivity index (χ0n) is 15.8. The van der Waals surface area contributed by atoms with E-state index in [0.29, 0.717) is 16.9 Å². The molecule has 1 amide bonds. The van der Waals surface area contributed by atoms with Gasteiger partial charge in [0.25, 0.3) is 0 Å². The van der Waals surface area contributed by atoms with Gasteiger partial charge in [-0.05, 0) is 36.2 Å². The quantitative estimate of drug-likeness (QED) is 0.477.